The molecule has 1 fully saturated rings. The maximum atomic E-state index is 9.26. The van der Waals surface area contributed by atoms with Crippen molar-refractivity contribution in [2.45, 2.75) is 44.9 Å². The zero-order valence-corrected chi connectivity index (χ0v) is 10.3. The maximum Gasteiger partial charge on any atom is 0.0760 e. The predicted octanol–water partition coefficient (Wildman–Crippen LogP) is 0.195. The summed E-state index contributed by atoms with van der Waals surface area (Å²) in [6.45, 7) is 10.5. The van der Waals surface area contributed by atoms with Gasteiger partial charge >= 0.3 is 0 Å². The molecule has 0 aromatic carbocycles. The van der Waals surface area contributed by atoms with Crippen LogP contribution in [0.1, 0.15) is 27.7 Å². The van der Waals surface area contributed by atoms with Crippen molar-refractivity contribution in [2.24, 2.45) is 5.73 Å². The van der Waals surface area contributed by atoms with Gasteiger partial charge in [-0.1, -0.05) is 0 Å². The molecular formula is C11H24N2O2. The van der Waals surface area contributed by atoms with Crippen LogP contribution in [0.2, 0.25) is 0 Å². The molecular weight excluding hydrogens is 192 g/mol. The topological polar surface area (TPSA) is 58.7 Å². The molecule has 0 amide bonds. The van der Waals surface area contributed by atoms with E-state index in [9.17, 15) is 5.11 Å². The Balaban J connectivity index is 2.74. The number of morpholine rings is 1. The third kappa shape index (κ3) is 3.41. The van der Waals surface area contributed by atoms with Gasteiger partial charge in [0.05, 0.1) is 17.8 Å². The van der Waals surface area contributed by atoms with E-state index in [1.54, 1.807) is 0 Å². The second-order valence-electron chi connectivity index (χ2n) is 5.60. The molecule has 0 aromatic rings. The van der Waals surface area contributed by atoms with Gasteiger partial charge < -0.3 is 15.6 Å². The average molecular weight is 216 g/mol. The lowest BCUT2D eigenvalue weighted by atomic mass is 9.97. The van der Waals surface area contributed by atoms with Crippen molar-refractivity contribution in [3.8, 4) is 0 Å². The van der Waals surface area contributed by atoms with Gasteiger partial charge in [-0.2, -0.15) is 0 Å². The van der Waals surface area contributed by atoms with E-state index >= 15 is 0 Å². The third-order valence-electron chi connectivity index (χ3n) is 2.72. The lowest BCUT2D eigenvalue weighted by Gasteiger charge is -2.49. The summed E-state index contributed by atoms with van der Waals surface area (Å²) in [5, 5.41) is 9.26. The summed E-state index contributed by atoms with van der Waals surface area (Å²) in [5.41, 5.74) is 5.30. The highest BCUT2D eigenvalue weighted by atomic mass is 16.5. The Bertz CT molecular complexity index is 197. The Morgan fingerprint density at radius 3 is 2.07 bits per heavy atom. The molecule has 0 radical (unpaired) electrons. The number of aliphatic hydroxyl groups is 1. The van der Waals surface area contributed by atoms with E-state index in [4.69, 9.17) is 10.5 Å². The summed E-state index contributed by atoms with van der Waals surface area (Å²) < 4.78 is 5.97. The molecule has 4 heteroatoms. The minimum absolute atomic E-state index is 0.0486. The molecule has 1 saturated heterocycles. The van der Waals surface area contributed by atoms with E-state index < -0.39 is 0 Å². The Labute approximate surface area is 92.4 Å². The normalized spacial score (nSPS) is 27.6. The minimum Gasteiger partial charge on any atom is -0.395 e. The zero-order chi connectivity index (χ0) is 11.7. The molecule has 3 N–H and O–H groups in total. The Hall–Kier alpha value is -0.160. The van der Waals surface area contributed by atoms with Crippen molar-refractivity contribution in [1.29, 1.82) is 0 Å². The highest BCUT2D eigenvalue weighted by Crippen LogP contribution is 2.28. The molecule has 1 rings (SSSR count). The zero-order valence-electron chi connectivity index (χ0n) is 10.3. The molecule has 1 aliphatic heterocycles. The first-order valence-corrected chi connectivity index (χ1v) is 5.55. The SMILES string of the molecule is CC1(C)CN(C(CN)CO)CC(C)(C)O1. The van der Waals surface area contributed by atoms with Crippen LogP contribution < -0.4 is 5.73 Å². The number of rotatable bonds is 3. The van der Waals surface area contributed by atoms with Crippen molar-refractivity contribution in [1.82, 2.24) is 4.90 Å². The molecule has 1 heterocycles. The monoisotopic (exact) mass is 216 g/mol. The van der Waals surface area contributed by atoms with Crippen LogP contribution in [0, 0.1) is 0 Å². The molecule has 0 aliphatic carbocycles. The lowest BCUT2D eigenvalue weighted by Crippen LogP contribution is -2.61. The van der Waals surface area contributed by atoms with Gasteiger partial charge in [0.2, 0.25) is 0 Å². The molecule has 0 aromatic heterocycles. The van der Waals surface area contributed by atoms with E-state index in [0.717, 1.165) is 13.1 Å². The highest BCUT2D eigenvalue weighted by Gasteiger charge is 2.39. The van der Waals surface area contributed by atoms with Crippen molar-refractivity contribution in [2.75, 3.05) is 26.2 Å². The first-order valence-electron chi connectivity index (χ1n) is 5.55. The maximum absolute atomic E-state index is 9.26. The number of hydrogen-bond acceptors (Lipinski definition) is 4. The molecule has 90 valence electrons. The van der Waals surface area contributed by atoms with Crippen LogP contribution in [-0.4, -0.2) is 53.5 Å². The lowest BCUT2D eigenvalue weighted by molar-refractivity contribution is -0.189. The fourth-order valence-electron chi connectivity index (χ4n) is 2.44. The fraction of sp³-hybridized carbons (Fsp3) is 1.00. The van der Waals surface area contributed by atoms with E-state index in [-0.39, 0.29) is 23.9 Å². The molecule has 0 saturated carbocycles. The van der Waals surface area contributed by atoms with Crippen LogP contribution in [0.4, 0.5) is 0 Å². The first kappa shape index (κ1) is 12.9. The van der Waals surface area contributed by atoms with Gasteiger partial charge in [-0.05, 0) is 27.7 Å². The first-order chi connectivity index (χ1) is 6.79. The second kappa shape index (κ2) is 4.37. The van der Waals surface area contributed by atoms with Crippen molar-refractivity contribution in [3.05, 3.63) is 0 Å². The van der Waals surface area contributed by atoms with Crippen LogP contribution in [0.3, 0.4) is 0 Å². The molecule has 0 bridgehead atoms. The number of hydrogen-bond donors (Lipinski definition) is 2. The summed E-state index contributed by atoms with van der Waals surface area (Å²) in [6.07, 6.45) is 0. The minimum atomic E-state index is -0.176. The smallest absolute Gasteiger partial charge is 0.0760 e. The predicted molar refractivity (Wildman–Crippen MR) is 60.7 cm³/mol. The third-order valence-corrected chi connectivity index (χ3v) is 2.72. The molecule has 0 spiro atoms. The van der Waals surface area contributed by atoms with Gasteiger partial charge in [-0.3, -0.25) is 4.90 Å². The van der Waals surface area contributed by atoms with Gasteiger partial charge in [-0.15, -0.1) is 0 Å². The van der Waals surface area contributed by atoms with Crippen LogP contribution in [0.15, 0.2) is 0 Å². The van der Waals surface area contributed by atoms with Gasteiger partial charge in [0.15, 0.2) is 0 Å². The van der Waals surface area contributed by atoms with Crippen LogP contribution in [0.25, 0.3) is 0 Å². The van der Waals surface area contributed by atoms with Crippen molar-refractivity contribution < 1.29 is 9.84 Å². The Morgan fingerprint density at radius 2 is 1.73 bits per heavy atom. The summed E-state index contributed by atoms with van der Waals surface area (Å²) in [7, 11) is 0. The van der Waals surface area contributed by atoms with Gasteiger partial charge in [0.25, 0.3) is 0 Å². The number of ether oxygens (including phenoxy) is 1. The number of nitrogens with two attached hydrogens (primary N) is 1. The molecule has 1 unspecified atom stereocenters. The van der Waals surface area contributed by atoms with Crippen molar-refractivity contribution in [3.63, 3.8) is 0 Å². The van der Waals surface area contributed by atoms with E-state index in [2.05, 4.69) is 32.6 Å². The standard InChI is InChI=1S/C11H24N2O2/c1-10(2)7-13(9(5-12)6-14)8-11(3,4)15-10/h9,14H,5-8,12H2,1-4H3. The largest absolute Gasteiger partial charge is 0.395 e. The average Bonchev–Trinajstić information content (AvgIpc) is 2.00. The van der Waals surface area contributed by atoms with Gasteiger partial charge in [-0.25, -0.2) is 0 Å². The van der Waals surface area contributed by atoms with E-state index in [1.165, 1.54) is 0 Å². The fourth-order valence-corrected chi connectivity index (χ4v) is 2.44. The van der Waals surface area contributed by atoms with E-state index in [1.807, 2.05) is 0 Å². The number of aliphatic hydroxyl groups excluding tert-OH is 1. The summed E-state index contributed by atoms with van der Waals surface area (Å²) in [4.78, 5) is 2.23. The van der Waals surface area contributed by atoms with Gasteiger partial charge in [0, 0.05) is 25.7 Å². The van der Waals surface area contributed by atoms with Crippen LogP contribution >= 0.6 is 0 Å². The van der Waals surface area contributed by atoms with E-state index in [0.29, 0.717) is 6.54 Å². The van der Waals surface area contributed by atoms with Crippen molar-refractivity contribution >= 4 is 0 Å². The second-order valence-corrected chi connectivity index (χ2v) is 5.60. The summed E-state index contributed by atoms with van der Waals surface area (Å²) in [5.74, 6) is 0. The Morgan fingerprint density at radius 1 is 1.27 bits per heavy atom. The van der Waals surface area contributed by atoms with Gasteiger partial charge in [0.1, 0.15) is 0 Å². The quantitative estimate of drug-likeness (QED) is 0.707. The molecule has 1 atom stereocenters. The molecule has 15 heavy (non-hydrogen) atoms. The molecule has 4 nitrogen and oxygen atoms in total. The van der Waals surface area contributed by atoms with Crippen LogP contribution in [-0.2, 0) is 4.74 Å². The summed E-state index contributed by atoms with van der Waals surface area (Å²) in [6, 6.07) is 0.0486. The Kier molecular flexibility index (Phi) is 3.76. The number of nitrogens with zero attached hydrogens (tertiary/aromatic N) is 1. The van der Waals surface area contributed by atoms with Crippen LogP contribution in [0.5, 0.6) is 0 Å². The summed E-state index contributed by atoms with van der Waals surface area (Å²) >= 11 is 0. The molecule has 1 aliphatic rings. The highest BCUT2D eigenvalue weighted by molar-refractivity contribution is 4.91.